The minimum absolute atomic E-state index is 0.127. The van der Waals surface area contributed by atoms with E-state index in [4.69, 9.17) is 32.7 Å². The Hall–Kier alpha value is -1.42. The molecule has 1 saturated heterocycles. The molecule has 1 aliphatic rings. The van der Waals surface area contributed by atoms with Crippen LogP contribution in [0.1, 0.15) is 11.1 Å². The maximum absolute atomic E-state index is 12.7. The molecule has 1 aliphatic heterocycles. The van der Waals surface area contributed by atoms with Crippen LogP contribution >= 0.6 is 57.6 Å². The van der Waals surface area contributed by atoms with Crippen LogP contribution in [-0.2, 0) is 11.3 Å². The molecule has 2 amide bonds. The summed E-state index contributed by atoms with van der Waals surface area (Å²) in [6, 6.07) is 8.63. The fraction of sp³-hybridized carbons (Fsp3) is 0.158. The van der Waals surface area contributed by atoms with Crippen LogP contribution in [0.3, 0.4) is 0 Å². The van der Waals surface area contributed by atoms with E-state index < -0.39 is 0 Å². The van der Waals surface area contributed by atoms with Crippen molar-refractivity contribution in [2.24, 2.45) is 0 Å². The number of amides is 2. The lowest BCUT2D eigenvalue weighted by molar-refractivity contribution is -0.123. The second kappa shape index (κ2) is 8.94. The standard InChI is InChI=1S/C19H14Cl2INO4S/c1-26-15-7-11(6-14(22)17(15)27-2)8-16-18(24)23(19(25)28-16)9-10-3-4-12(20)13(21)5-10/h3-8H,9H2,1-2H3/b16-8-. The highest BCUT2D eigenvalue weighted by molar-refractivity contribution is 14.1. The Morgan fingerprint density at radius 1 is 1.11 bits per heavy atom. The largest absolute Gasteiger partial charge is 0.493 e. The number of halogens is 3. The van der Waals surface area contributed by atoms with Crippen LogP contribution in [-0.4, -0.2) is 30.3 Å². The smallest absolute Gasteiger partial charge is 0.293 e. The normalized spacial score (nSPS) is 15.5. The third-order valence-electron chi connectivity index (χ3n) is 3.95. The molecule has 9 heteroatoms. The molecule has 146 valence electrons. The topological polar surface area (TPSA) is 55.8 Å². The first-order valence-electron chi connectivity index (χ1n) is 7.95. The lowest BCUT2D eigenvalue weighted by Crippen LogP contribution is -2.27. The Bertz CT molecular complexity index is 996. The molecule has 0 aliphatic carbocycles. The molecule has 0 aromatic heterocycles. The summed E-state index contributed by atoms with van der Waals surface area (Å²) in [7, 11) is 3.11. The Morgan fingerprint density at radius 3 is 2.50 bits per heavy atom. The van der Waals surface area contributed by atoms with Crippen LogP contribution in [0.15, 0.2) is 35.2 Å². The summed E-state index contributed by atoms with van der Waals surface area (Å²) in [5.74, 6) is 0.814. The lowest BCUT2D eigenvalue weighted by atomic mass is 10.1. The van der Waals surface area contributed by atoms with Crippen molar-refractivity contribution in [2.45, 2.75) is 6.54 Å². The molecule has 0 saturated carbocycles. The van der Waals surface area contributed by atoms with Gasteiger partial charge in [-0.2, -0.15) is 0 Å². The van der Waals surface area contributed by atoms with Gasteiger partial charge in [-0.05, 0) is 75.8 Å². The number of nitrogens with zero attached hydrogens (tertiary/aromatic N) is 1. The van der Waals surface area contributed by atoms with Crippen molar-refractivity contribution in [1.82, 2.24) is 4.90 Å². The van der Waals surface area contributed by atoms with Crippen LogP contribution < -0.4 is 9.47 Å². The van der Waals surface area contributed by atoms with Gasteiger partial charge < -0.3 is 9.47 Å². The summed E-state index contributed by atoms with van der Waals surface area (Å²) in [4.78, 5) is 26.6. The SMILES string of the molecule is COc1cc(/C=C2\SC(=O)N(Cc3ccc(Cl)c(Cl)c3)C2=O)cc(I)c1OC. The molecule has 3 rings (SSSR count). The van der Waals surface area contributed by atoms with E-state index >= 15 is 0 Å². The van der Waals surface area contributed by atoms with Gasteiger partial charge in [-0.3, -0.25) is 14.5 Å². The molecule has 28 heavy (non-hydrogen) atoms. The van der Waals surface area contributed by atoms with Crippen molar-refractivity contribution in [1.29, 1.82) is 0 Å². The first-order chi connectivity index (χ1) is 13.3. The van der Waals surface area contributed by atoms with Crippen LogP contribution in [0.4, 0.5) is 4.79 Å². The summed E-state index contributed by atoms with van der Waals surface area (Å²) in [5, 5.41) is 0.460. The van der Waals surface area contributed by atoms with Gasteiger partial charge in [0.05, 0.1) is 39.3 Å². The van der Waals surface area contributed by atoms with Crippen molar-refractivity contribution < 1.29 is 19.1 Å². The van der Waals surface area contributed by atoms with Crippen molar-refractivity contribution in [3.8, 4) is 11.5 Å². The van der Waals surface area contributed by atoms with Gasteiger partial charge in [-0.15, -0.1) is 0 Å². The molecule has 0 atom stereocenters. The van der Waals surface area contributed by atoms with E-state index in [0.717, 1.165) is 26.5 Å². The van der Waals surface area contributed by atoms with Crippen LogP contribution in [0.25, 0.3) is 6.08 Å². The van der Waals surface area contributed by atoms with Gasteiger partial charge in [-0.25, -0.2) is 0 Å². The van der Waals surface area contributed by atoms with Gasteiger partial charge in [0.1, 0.15) is 0 Å². The zero-order valence-corrected chi connectivity index (χ0v) is 19.3. The van der Waals surface area contributed by atoms with Crippen LogP contribution in [0, 0.1) is 3.57 Å². The van der Waals surface area contributed by atoms with Gasteiger partial charge in [0, 0.05) is 0 Å². The highest BCUT2D eigenvalue weighted by Gasteiger charge is 2.35. The highest BCUT2D eigenvalue weighted by Crippen LogP contribution is 2.37. The number of hydrogen-bond acceptors (Lipinski definition) is 5. The van der Waals surface area contributed by atoms with Gasteiger partial charge in [0.25, 0.3) is 11.1 Å². The number of imide groups is 1. The predicted molar refractivity (Wildman–Crippen MR) is 120 cm³/mol. The van der Waals surface area contributed by atoms with E-state index in [0.29, 0.717) is 26.4 Å². The Morgan fingerprint density at radius 2 is 1.86 bits per heavy atom. The van der Waals surface area contributed by atoms with Crippen molar-refractivity contribution >= 4 is 74.8 Å². The van der Waals surface area contributed by atoms with Crippen molar-refractivity contribution in [3.05, 3.63) is 60.0 Å². The summed E-state index contributed by atoms with van der Waals surface area (Å²) >= 11 is 15.0. The molecule has 2 aromatic carbocycles. The van der Waals surface area contributed by atoms with Gasteiger partial charge >= 0.3 is 0 Å². The van der Waals surface area contributed by atoms with E-state index in [9.17, 15) is 9.59 Å². The minimum Gasteiger partial charge on any atom is -0.493 e. The highest BCUT2D eigenvalue weighted by atomic mass is 127. The zero-order valence-electron chi connectivity index (χ0n) is 14.8. The molecule has 1 heterocycles. The average Bonchev–Trinajstić information content (AvgIpc) is 2.91. The molecule has 0 radical (unpaired) electrons. The molecule has 2 aromatic rings. The number of hydrogen-bond donors (Lipinski definition) is 0. The molecule has 1 fully saturated rings. The summed E-state index contributed by atoms with van der Waals surface area (Å²) in [5.41, 5.74) is 1.46. The maximum atomic E-state index is 12.7. The van der Waals surface area contributed by atoms with Crippen molar-refractivity contribution in [3.63, 3.8) is 0 Å². The van der Waals surface area contributed by atoms with Crippen LogP contribution in [0.2, 0.25) is 10.0 Å². The van der Waals surface area contributed by atoms with Gasteiger partial charge in [0.15, 0.2) is 11.5 Å². The molecular formula is C19H14Cl2INO4S. The minimum atomic E-state index is -0.356. The third kappa shape index (κ3) is 4.42. The predicted octanol–water partition coefficient (Wildman–Crippen LogP) is 5.85. The number of benzene rings is 2. The van der Waals surface area contributed by atoms with Gasteiger partial charge in [-0.1, -0.05) is 29.3 Å². The molecule has 5 nitrogen and oxygen atoms in total. The molecular weight excluding hydrogens is 536 g/mol. The monoisotopic (exact) mass is 549 g/mol. The van der Waals surface area contributed by atoms with E-state index in [1.807, 2.05) is 6.07 Å². The molecule has 0 spiro atoms. The van der Waals surface area contributed by atoms with E-state index in [2.05, 4.69) is 22.6 Å². The zero-order chi connectivity index (χ0) is 20.4. The first kappa shape index (κ1) is 21.3. The van der Waals surface area contributed by atoms with Crippen molar-refractivity contribution in [2.75, 3.05) is 14.2 Å². The summed E-state index contributed by atoms with van der Waals surface area (Å²) in [6.45, 7) is 0.127. The second-order valence-corrected chi connectivity index (χ2v) is 8.72. The fourth-order valence-electron chi connectivity index (χ4n) is 2.63. The summed E-state index contributed by atoms with van der Waals surface area (Å²) in [6.07, 6.45) is 1.67. The van der Waals surface area contributed by atoms with E-state index in [-0.39, 0.29) is 17.7 Å². The number of rotatable bonds is 5. The first-order valence-corrected chi connectivity index (χ1v) is 10.6. The Balaban J connectivity index is 1.86. The number of carbonyl (C=O) groups is 2. The number of ether oxygens (including phenoxy) is 2. The molecule has 0 bridgehead atoms. The van der Waals surface area contributed by atoms with Gasteiger partial charge in [0.2, 0.25) is 0 Å². The van der Waals surface area contributed by atoms with E-state index in [1.54, 1.807) is 44.6 Å². The molecule has 0 N–H and O–H groups in total. The lowest BCUT2D eigenvalue weighted by Gasteiger charge is -2.13. The number of thioether (sulfide) groups is 1. The fourth-order valence-corrected chi connectivity index (χ4v) is 4.63. The quantitative estimate of drug-likeness (QED) is 0.346. The number of carbonyl (C=O) groups excluding carboxylic acids is 2. The average molecular weight is 550 g/mol. The van der Waals surface area contributed by atoms with E-state index in [1.165, 1.54) is 4.90 Å². The Kier molecular flexibility index (Phi) is 6.80. The maximum Gasteiger partial charge on any atom is 0.293 e. The number of methoxy groups -OCH3 is 2. The summed E-state index contributed by atoms with van der Waals surface area (Å²) < 4.78 is 11.5. The molecule has 0 unspecified atom stereocenters. The third-order valence-corrected chi connectivity index (χ3v) is 6.40. The van der Waals surface area contributed by atoms with Crippen LogP contribution in [0.5, 0.6) is 11.5 Å². The second-order valence-electron chi connectivity index (χ2n) is 5.75. The Labute approximate surface area is 190 Å².